The zero-order chi connectivity index (χ0) is 15.6. The van der Waals surface area contributed by atoms with Gasteiger partial charge < -0.3 is 20.5 Å². The maximum absolute atomic E-state index is 5.86. The van der Waals surface area contributed by atoms with Crippen molar-refractivity contribution in [1.82, 2.24) is 0 Å². The highest BCUT2D eigenvalue weighted by Gasteiger charge is 1.97. The lowest BCUT2D eigenvalue weighted by Crippen LogP contribution is -2.22. The number of anilines is 1. The molecule has 0 atom stereocenters. The third-order valence-electron chi connectivity index (χ3n) is 2.96. The van der Waals surface area contributed by atoms with E-state index < -0.39 is 0 Å². The van der Waals surface area contributed by atoms with Crippen molar-refractivity contribution in [2.24, 2.45) is 10.7 Å². The number of methoxy groups -OCH3 is 1. The van der Waals surface area contributed by atoms with Crippen LogP contribution in [0, 0.1) is 0 Å². The number of benzene rings is 2. The lowest BCUT2D eigenvalue weighted by Gasteiger charge is -2.07. The number of nitrogens with one attached hydrogen (secondary N) is 1. The van der Waals surface area contributed by atoms with Crippen molar-refractivity contribution in [3.8, 4) is 5.75 Å². The third kappa shape index (κ3) is 5.46. The zero-order valence-corrected chi connectivity index (χ0v) is 12.7. The Bertz CT molecular complexity index is 583. The Morgan fingerprint density at radius 2 is 1.77 bits per heavy atom. The highest BCUT2D eigenvalue weighted by molar-refractivity contribution is 5.92. The van der Waals surface area contributed by atoms with Crippen LogP contribution in [-0.4, -0.2) is 26.3 Å². The quantitative estimate of drug-likeness (QED) is 0.468. The van der Waals surface area contributed by atoms with E-state index in [2.05, 4.69) is 10.3 Å². The first-order valence-corrected chi connectivity index (χ1v) is 7.10. The average Bonchev–Trinajstić information content (AvgIpc) is 2.55. The molecular formula is C17H21N3O2. The molecule has 0 heterocycles. The summed E-state index contributed by atoms with van der Waals surface area (Å²) < 4.78 is 10.4. The van der Waals surface area contributed by atoms with E-state index in [4.69, 9.17) is 15.2 Å². The minimum absolute atomic E-state index is 0.395. The van der Waals surface area contributed by atoms with Crippen molar-refractivity contribution in [2.75, 3.05) is 25.6 Å². The second-order valence-corrected chi connectivity index (χ2v) is 4.68. The lowest BCUT2D eigenvalue weighted by molar-refractivity contribution is 0.146. The standard InChI is InChI=1S/C17H21N3O2/c1-21-11-12-22-16-9-7-14(8-10-16)13-19-17(18)20-15-5-3-2-4-6-15/h2-10H,11-13H2,1H3,(H3,18,19,20). The first-order valence-electron chi connectivity index (χ1n) is 7.10. The van der Waals surface area contributed by atoms with Gasteiger partial charge >= 0.3 is 0 Å². The lowest BCUT2D eigenvalue weighted by atomic mass is 10.2. The zero-order valence-electron chi connectivity index (χ0n) is 12.7. The third-order valence-corrected chi connectivity index (χ3v) is 2.96. The topological polar surface area (TPSA) is 68.9 Å². The molecule has 0 saturated heterocycles. The van der Waals surface area contributed by atoms with Gasteiger partial charge in [0, 0.05) is 12.8 Å². The SMILES string of the molecule is COCCOc1ccc(CN=C(N)Nc2ccccc2)cc1. The summed E-state index contributed by atoms with van der Waals surface area (Å²) in [4.78, 5) is 4.32. The highest BCUT2D eigenvalue weighted by atomic mass is 16.5. The molecule has 22 heavy (non-hydrogen) atoms. The Balaban J connectivity index is 1.84. The molecule has 5 heteroatoms. The Morgan fingerprint density at radius 3 is 2.45 bits per heavy atom. The number of rotatable bonds is 7. The van der Waals surface area contributed by atoms with Gasteiger partial charge in [0.1, 0.15) is 12.4 Å². The molecule has 0 aliphatic heterocycles. The van der Waals surface area contributed by atoms with E-state index in [1.807, 2.05) is 54.6 Å². The van der Waals surface area contributed by atoms with Crippen LogP contribution in [-0.2, 0) is 11.3 Å². The first kappa shape index (κ1) is 15.9. The number of ether oxygens (including phenoxy) is 2. The molecule has 3 N–H and O–H groups in total. The molecule has 0 spiro atoms. The van der Waals surface area contributed by atoms with Crippen LogP contribution in [0.3, 0.4) is 0 Å². The van der Waals surface area contributed by atoms with Crippen molar-refractivity contribution < 1.29 is 9.47 Å². The molecule has 0 fully saturated rings. The van der Waals surface area contributed by atoms with Crippen LogP contribution >= 0.6 is 0 Å². The first-order chi connectivity index (χ1) is 10.8. The van der Waals surface area contributed by atoms with Gasteiger partial charge in [-0.15, -0.1) is 0 Å². The van der Waals surface area contributed by atoms with Crippen molar-refractivity contribution in [1.29, 1.82) is 0 Å². The van der Waals surface area contributed by atoms with Gasteiger partial charge in [-0.25, -0.2) is 4.99 Å². The number of hydrogen-bond donors (Lipinski definition) is 2. The number of nitrogens with zero attached hydrogens (tertiary/aromatic N) is 1. The maximum atomic E-state index is 5.86. The van der Waals surface area contributed by atoms with Crippen molar-refractivity contribution in [3.05, 3.63) is 60.2 Å². The summed E-state index contributed by atoms with van der Waals surface area (Å²) in [7, 11) is 1.65. The van der Waals surface area contributed by atoms with E-state index in [9.17, 15) is 0 Å². The fourth-order valence-electron chi connectivity index (χ4n) is 1.82. The Labute approximate surface area is 130 Å². The highest BCUT2D eigenvalue weighted by Crippen LogP contribution is 2.13. The van der Waals surface area contributed by atoms with E-state index in [-0.39, 0.29) is 0 Å². The van der Waals surface area contributed by atoms with E-state index in [0.29, 0.717) is 25.7 Å². The number of nitrogens with two attached hydrogens (primary N) is 1. The number of hydrogen-bond acceptors (Lipinski definition) is 3. The van der Waals surface area contributed by atoms with Gasteiger partial charge in [0.2, 0.25) is 0 Å². The van der Waals surface area contributed by atoms with Crippen molar-refractivity contribution in [3.63, 3.8) is 0 Å². The van der Waals surface area contributed by atoms with E-state index in [0.717, 1.165) is 17.0 Å². The molecule has 0 aliphatic carbocycles. The van der Waals surface area contributed by atoms with Crippen molar-refractivity contribution in [2.45, 2.75) is 6.54 Å². The van der Waals surface area contributed by atoms with Gasteiger partial charge in [-0.1, -0.05) is 30.3 Å². The molecule has 0 radical (unpaired) electrons. The molecule has 2 rings (SSSR count). The van der Waals surface area contributed by atoms with E-state index >= 15 is 0 Å². The molecule has 0 saturated carbocycles. The second kappa shape index (κ2) is 8.69. The summed E-state index contributed by atoms with van der Waals surface area (Å²) in [6.07, 6.45) is 0. The van der Waals surface area contributed by atoms with Gasteiger partial charge in [-0.3, -0.25) is 0 Å². The molecule has 0 unspecified atom stereocenters. The summed E-state index contributed by atoms with van der Waals surface area (Å²) in [5.74, 6) is 1.21. The van der Waals surface area contributed by atoms with Crippen LogP contribution in [0.5, 0.6) is 5.75 Å². The van der Waals surface area contributed by atoms with Gasteiger partial charge in [-0.2, -0.15) is 0 Å². The predicted octanol–water partition coefficient (Wildman–Crippen LogP) is 2.64. The Kier molecular flexibility index (Phi) is 6.26. The minimum Gasteiger partial charge on any atom is -0.491 e. The predicted molar refractivity (Wildman–Crippen MR) is 89.2 cm³/mol. The van der Waals surface area contributed by atoms with Crippen LogP contribution in [0.2, 0.25) is 0 Å². The van der Waals surface area contributed by atoms with Crippen LogP contribution in [0.4, 0.5) is 5.69 Å². The van der Waals surface area contributed by atoms with Crippen molar-refractivity contribution >= 4 is 11.6 Å². The summed E-state index contributed by atoms with van der Waals surface area (Å²) in [5.41, 5.74) is 7.85. The summed E-state index contributed by atoms with van der Waals surface area (Å²) in [6, 6.07) is 17.5. The summed E-state index contributed by atoms with van der Waals surface area (Å²) in [5, 5.41) is 3.05. The Morgan fingerprint density at radius 1 is 1.05 bits per heavy atom. The molecule has 0 bridgehead atoms. The molecule has 0 amide bonds. The van der Waals surface area contributed by atoms with Crippen LogP contribution in [0.25, 0.3) is 0 Å². The van der Waals surface area contributed by atoms with Crippen LogP contribution in [0.1, 0.15) is 5.56 Å². The molecule has 2 aromatic rings. The van der Waals surface area contributed by atoms with Gasteiger partial charge in [0.25, 0.3) is 0 Å². The van der Waals surface area contributed by atoms with Gasteiger partial charge in [0.15, 0.2) is 5.96 Å². The number of aliphatic imine (C=N–C) groups is 1. The molecule has 0 aromatic heterocycles. The van der Waals surface area contributed by atoms with Crippen LogP contribution < -0.4 is 15.8 Å². The largest absolute Gasteiger partial charge is 0.491 e. The minimum atomic E-state index is 0.395. The Hall–Kier alpha value is -2.53. The molecule has 2 aromatic carbocycles. The fraction of sp³-hybridized carbons (Fsp3) is 0.235. The van der Waals surface area contributed by atoms with E-state index in [1.165, 1.54) is 0 Å². The second-order valence-electron chi connectivity index (χ2n) is 4.68. The monoisotopic (exact) mass is 299 g/mol. The summed E-state index contributed by atoms with van der Waals surface area (Å²) in [6.45, 7) is 1.64. The van der Waals surface area contributed by atoms with Gasteiger partial charge in [-0.05, 0) is 29.8 Å². The molecule has 0 aliphatic rings. The molecule has 116 valence electrons. The number of para-hydroxylation sites is 1. The number of guanidine groups is 1. The van der Waals surface area contributed by atoms with Crippen LogP contribution in [0.15, 0.2) is 59.6 Å². The normalized spacial score (nSPS) is 11.2. The molecule has 5 nitrogen and oxygen atoms in total. The fourth-order valence-corrected chi connectivity index (χ4v) is 1.82. The van der Waals surface area contributed by atoms with Gasteiger partial charge in [0.05, 0.1) is 13.2 Å². The summed E-state index contributed by atoms with van der Waals surface area (Å²) >= 11 is 0. The maximum Gasteiger partial charge on any atom is 0.193 e. The smallest absolute Gasteiger partial charge is 0.193 e. The molecular weight excluding hydrogens is 278 g/mol. The average molecular weight is 299 g/mol. The van der Waals surface area contributed by atoms with E-state index in [1.54, 1.807) is 7.11 Å².